The zero-order valence-electron chi connectivity index (χ0n) is 18.4. The van der Waals surface area contributed by atoms with E-state index < -0.39 is 58.6 Å². The average molecular weight is 413 g/mol. The van der Waals surface area contributed by atoms with Crippen molar-refractivity contribution in [3.63, 3.8) is 0 Å². The predicted molar refractivity (Wildman–Crippen MR) is 101 cm³/mol. The fourth-order valence-electron chi connectivity index (χ4n) is 3.42. The van der Waals surface area contributed by atoms with Crippen LogP contribution in [0.25, 0.3) is 0 Å². The van der Waals surface area contributed by atoms with Crippen molar-refractivity contribution in [2.24, 2.45) is 11.8 Å². The molecule has 1 fully saturated rings. The Bertz CT molecular complexity index is 673. The predicted octanol–water partition coefficient (Wildman–Crippen LogP) is 1.27. The van der Waals surface area contributed by atoms with Gasteiger partial charge in [-0.1, -0.05) is 13.8 Å². The van der Waals surface area contributed by atoms with Crippen LogP contribution in [-0.4, -0.2) is 64.9 Å². The minimum absolute atomic E-state index is 0.0918. The molecule has 1 rings (SSSR count). The summed E-state index contributed by atoms with van der Waals surface area (Å²) in [7, 11) is 0. The number of ether oxygens (including phenoxy) is 3. The first-order chi connectivity index (χ1) is 13.3. The van der Waals surface area contributed by atoms with E-state index in [0.717, 1.165) is 11.8 Å². The van der Waals surface area contributed by atoms with Gasteiger partial charge in [-0.25, -0.2) is 14.4 Å². The Morgan fingerprint density at radius 2 is 1.48 bits per heavy atom. The quantitative estimate of drug-likeness (QED) is 0.253. The molecule has 1 aliphatic heterocycles. The second-order valence-corrected chi connectivity index (χ2v) is 8.18. The number of carbonyl (C=O) groups is 5. The maximum atomic E-state index is 12.9. The summed E-state index contributed by atoms with van der Waals surface area (Å²) >= 11 is 0. The van der Waals surface area contributed by atoms with Gasteiger partial charge in [-0.3, -0.25) is 9.59 Å². The van der Waals surface area contributed by atoms with Crippen LogP contribution in [0.5, 0.6) is 0 Å². The monoisotopic (exact) mass is 413 g/mol. The molecule has 0 aromatic rings. The molecule has 0 N–H and O–H groups in total. The number of carbonyl (C=O) groups excluding carboxylic acids is 5. The lowest BCUT2D eigenvalue weighted by molar-refractivity contribution is -0.213. The molecule has 1 aliphatic rings. The van der Waals surface area contributed by atoms with Crippen LogP contribution in [0.4, 0.5) is 0 Å². The molecule has 9 heteroatoms. The molecule has 164 valence electrons. The second kappa shape index (κ2) is 8.92. The van der Waals surface area contributed by atoms with Gasteiger partial charge in [-0.15, -0.1) is 0 Å². The molecule has 0 saturated carbocycles. The van der Waals surface area contributed by atoms with Crippen LogP contribution < -0.4 is 0 Å². The van der Waals surface area contributed by atoms with Crippen molar-refractivity contribution in [3.05, 3.63) is 0 Å². The Hall–Kier alpha value is -2.45. The number of esters is 3. The maximum absolute atomic E-state index is 12.9. The second-order valence-electron chi connectivity index (χ2n) is 8.18. The number of hydrogen-bond acceptors (Lipinski definition) is 8. The van der Waals surface area contributed by atoms with Crippen LogP contribution >= 0.6 is 0 Å². The third-order valence-corrected chi connectivity index (χ3v) is 4.42. The van der Waals surface area contributed by atoms with E-state index in [-0.39, 0.29) is 13.2 Å². The summed E-state index contributed by atoms with van der Waals surface area (Å²) in [6, 6.07) is -1.29. The van der Waals surface area contributed by atoms with Crippen molar-refractivity contribution in [1.82, 2.24) is 4.90 Å². The van der Waals surface area contributed by atoms with E-state index >= 15 is 0 Å². The van der Waals surface area contributed by atoms with Crippen LogP contribution in [0.15, 0.2) is 0 Å². The van der Waals surface area contributed by atoms with Crippen LogP contribution in [0.2, 0.25) is 0 Å². The van der Waals surface area contributed by atoms with E-state index in [9.17, 15) is 24.0 Å². The van der Waals surface area contributed by atoms with Crippen LogP contribution in [-0.2, 0) is 38.2 Å². The molecule has 1 amide bonds. The van der Waals surface area contributed by atoms with Gasteiger partial charge in [0.2, 0.25) is 5.91 Å². The van der Waals surface area contributed by atoms with Gasteiger partial charge >= 0.3 is 17.9 Å². The van der Waals surface area contributed by atoms with Gasteiger partial charge in [0.15, 0.2) is 0 Å². The van der Waals surface area contributed by atoms with Gasteiger partial charge in [-0.2, -0.15) is 0 Å². The number of rotatable bonds is 8. The summed E-state index contributed by atoms with van der Waals surface area (Å²) < 4.78 is 15.5. The van der Waals surface area contributed by atoms with Crippen LogP contribution in [0.1, 0.15) is 55.4 Å². The molecule has 1 heterocycles. The Morgan fingerprint density at radius 1 is 1.03 bits per heavy atom. The third kappa shape index (κ3) is 4.43. The van der Waals surface area contributed by atoms with Crippen molar-refractivity contribution < 1.29 is 38.2 Å². The Labute approximate surface area is 171 Å². The standard InChI is InChI=1S/C20H31NO8/c1-9-27-17(25)20(18(26)28-10-2)13(12(5)22)15(23)21(20)14(11(3)4)16(24)29-19(6,7)8/h11,13-14H,9-10H2,1-8H3/t13-,14-/m1/s1. The van der Waals surface area contributed by atoms with Gasteiger partial charge in [0, 0.05) is 0 Å². The highest BCUT2D eigenvalue weighted by Crippen LogP contribution is 2.44. The lowest BCUT2D eigenvalue weighted by Gasteiger charge is -2.55. The lowest BCUT2D eigenvalue weighted by Crippen LogP contribution is -2.83. The molecule has 0 unspecified atom stereocenters. The van der Waals surface area contributed by atoms with Gasteiger partial charge in [-0.05, 0) is 47.5 Å². The first-order valence-corrected chi connectivity index (χ1v) is 9.68. The van der Waals surface area contributed by atoms with E-state index in [1.165, 1.54) is 13.8 Å². The van der Waals surface area contributed by atoms with E-state index in [0.29, 0.717) is 0 Å². The van der Waals surface area contributed by atoms with E-state index in [1.54, 1.807) is 34.6 Å². The average Bonchev–Trinajstić information content (AvgIpc) is 2.54. The number of hydrogen-bond donors (Lipinski definition) is 0. The zero-order valence-corrected chi connectivity index (χ0v) is 18.4. The minimum Gasteiger partial charge on any atom is -0.464 e. The van der Waals surface area contributed by atoms with Gasteiger partial charge in [0.05, 0.1) is 13.2 Å². The summed E-state index contributed by atoms with van der Waals surface area (Å²) in [6.07, 6.45) is 0. The fraction of sp³-hybridized carbons (Fsp3) is 0.750. The Kier molecular flexibility index (Phi) is 7.56. The number of β-lactam (4-membered cyclic amide) rings is 1. The molecular formula is C20H31NO8. The molecule has 9 nitrogen and oxygen atoms in total. The summed E-state index contributed by atoms with van der Waals surface area (Å²) in [5, 5.41) is 0. The molecule has 0 spiro atoms. The molecule has 1 saturated heterocycles. The molecule has 0 radical (unpaired) electrons. The highest BCUT2D eigenvalue weighted by atomic mass is 16.6. The molecule has 0 aliphatic carbocycles. The largest absolute Gasteiger partial charge is 0.464 e. The van der Waals surface area contributed by atoms with E-state index in [4.69, 9.17) is 14.2 Å². The minimum atomic E-state index is -2.36. The maximum Gasteiger partial charge on any atom is 0.345 e. The summed E-state index contributed by atoms with van der Waals surface area (Å²) in [5.41, 5.74) is -3.23. The van der Waals surface area contributed by atoms with Crippen LogP contribution in [0, 0.1) is 11.8 Å². The van der Waals surface area contributed by atoms with Gasteiger partial charge in [0.1, 0.15) is 23.3 Å². The number of nitrogens with zero attached hydrogens (tertiary/aromatic N) is 1. The first kappa shape index (κ1) is 24.6. The molecule has 0 aromatic carbocycles. The summed E-state index contributed by atoms with van der Waals surface area (Å²) in [5.74, 6) is -6.66. The number of ketones is 1. The Morgan fingerprint density at radius 3 is 1.79 bits per heavy atom. The van der Waals surface area contributed by atoms with E-state index in [2.05, 4.69) is 0 Å². The number of Topliss-reactive ketones (excluding diaryl/α,β-unsaturated/α-hetero) is 1. The van der Waals surface area contributed by atoms with Crippen molar-refractivity contribution in [3.8, 4) is 0 Å². The summed E-state index contributed by atoms with van der Waals surface area (Å²) in [4.78, 5) is 64.8. The van der Waals surface area contributed by atoms with Crippen LogP contribution in [0.3, 0.4) is 0 Å². The normalized spacial score (nSPS) is 19.3. The van der Waals surface area contributed by atoms with E-state index in [1.807, 2.05) is 0 Å². The lowest BCUT2D eigenvalue weighted by atomic mass is 9.68. The molecule has 2 atom stereocenters. The highest BCUT2D eigenvalue weighted by Gasteiger charge is 2.76. The molecule has 0 bridgehead atoms. The first-order valence-electron chi connectivity index (χ1n) is 9.68. The number of likely N-dealkylation sites (tertiary alicyclic amines) is 1. The SMILES string of the molecule is CCOC(=O)C1(C(=O)OCC)[C@H](C(C)=O)C(=O)N1[C@@H](C(=O)OC(C)(C)C)C(C)C. The van der Waals surface area contributed by atoms with Gasteiger partial charge in [0.25, 0.3) is 5.54 Å². The van der Waals surface area contributed by atoms with Crippen molar-refractivity contribution in [2.45, 2.75) is 72.6 Å². The van der Waals surface area contributed by atoms with Gasteiger partial charge < -0.3 is 19.1 Å². The zero-order chi connectivity index (χ0) is 22.7. The highest BCUT2D eigenvalue weighted by molar-refractivity contribution is 6.25. The van der Waals surface area contributed by atoms with Crippen molar-refractivity contribution in [1.29, 1.82) is 0 Å². The molecular weight excluding hydrogens is 382 g/mol. The topological polar surface area (TPSA) is 116 Å². The molecule has 29 heavy (non-hydrogen) atoms. The molecule has 0 aromatic heterocycles. The smallest absolute Gasteiger partial charge is 0.345 e. The van der Waals surface area contributed by atoms with Crippen molar-refractivity contribution in [2.75, 3.05) is 13.2 Å². The Balaban J connectivity index is 3.65. The fourth-order valence-corrected chi connectivity index (χ4v) is 3.42. The number of amides is 1. The third-order valence-electron chi connectivity index (χ3n) is 4.42. The summed E-state index contributed by atoms with van der Waals surface area (Å²) in [6.45, 7) is 12.2. The van der Waals surface area contributed by atoms with Crippen molar-refractivity contribution >= 4 is 29.6 Å².